The Hall–Kier alpha value is -2.73. The van der Waals surface area contributed by atoms with E-state index < -0.39 is 11.5 Å². The van der Waals surface area contributed by atoms with Crippen LogP contribution >= 0.6 is 0 Å². The van der Waals surface area contributed by atoms with Gasteiger partial charge in [-0.3, -0.25) is 4.79 Å². The van der Waals surface area contributed by atoms with Crippen LogP contribution in [0.5, 0.6) is 5.75 Å². The number of rotatable bonds is 6. The summed E-state index contributed by atoms with van der Waals surface area (Å²) in [7, 11) is 0. The molecule has 2 N–H and O–H groups in total. The maximum Gasteiger partial charge on any atom is 0.271 e. The Morgan fingerprint density at radius 2 is 2.04 bits per heavy atom. The van der Waals surface area contributed by atoms with Crippen LogP contribution in [0, 0.1) is 5.82 Å². The number of hydrazone groups is 1. The molecule has 0 spiro atoms. The third kappa shape index (κ3) is 5.17. The molecule has 0 aromatic heterocycles. The van der Waals surface area contributed by atoms with E-state index in [2.05, 4.69) is 10.5 Å². The van der Waals surface area contributed by atoms with E-state index in [-0.39, 0.29) is 12.4 Å². The topological polar surface area (TPSA) is 70.9 Å². The van der Waals surface area contributed by atoms with Crippen LogP contribution in [0.3, 0.4) is 0 Å². The first-order chi connectivity index (χ1) is 11.4. The quantitative estimate of drug-likeness (QED) is 0.632. The van der Waals surface area contributed by atoms with Crippen molar-refractivity contribution in [1.82, 2.24) is 5.43 Å². The summed E-state index contributed by atoms with van der Waals surface area (Å²) in [5.74, 6) is -0.389. The number of amides is 1. The van der Waals surface area contributed by atoms with Crippen molar-refractivity contribution in [2.24, 2.45) is 5.10 Å². The van der Waals surface area contributed by atoms with Gasteiger partial charge in [-0.05, 0) is 43.7 Å². The predicted molar refractivity (Wildman–Crippen MR) is 89.2 cm³/mol. The lowest BCUT2D eigenvalue weighted by Gasteiger charge is -2.13. The van der Waals surface area contributed by atoms with Gasteiger partial charge >= 0.3 is 0 Å². The molecule has 6 heteroatoms. The largest absolute Gasteiger partial charge is 0.488 e. The van der Waals surface area contributed by atoms with Gasteiger partial charge in [0.15, 0.2) is 0 Å². The fourth-order valence-electron chi connectivity index (χ4n) is 1.80. The standard InChI is InChI=1S/C18H19FN2O3/c1-18(2,23)17(22)21-20-11-14-7-3-4-9-16(14)24-12-13-6-5-8-15(19)10-13/h3-11,23H,12H2,1-2H3,(H,21,22)/b20-11-. The molecule has 2 aromatic rings. The molecule has 24 heavy (non-hydrogen) atoms. The van der Waals surface area contributed by atoms with Gasteiger partial charge in [0, 0.05) is 5.56 Å². The number of hydrogen-bond acceptors (Lipinski definition) is 4. The van der Waals surface area contributed by atoms with Crippen LogP contribution in [0.15, 0.2) is 53.6 Å². The monoisotopic (exact) mass is 330 g/mol. The molecule has 0 radical (unpaired) electrons. The first kappa shape index (κ1) is 17.6. The Labute approximate surface area is 139 Å². The van der Waals surface area contributed by atoms with E-state index >= 15 is 0 Å². The van der Waals surface area contributed by atoms with Crippen molar-refractivity contribution in [1.29, 1.82) is 0 Å². The number of aliphatic hydroxyl groups is 1. The lowest BCUT2D eigenvalue weighted by Crippen LogP contribution is -2.39. The first-order valence-electron chi connectivity index (χ1n) is 7.38. The second-order valence-electron chi connectivity index (χ2n) is 5.71. The average Bonchev–Trinajstić information content (AvgIpc) is 2.53. The summed E-state index contributed by atoms with van der Waals surface area (Å²) in [6.45, 7) is 2.94. The van der Waals surface area contributed by atoms with E-state index in [1.807, 2.05) is 0 Å². The molecule has 5 nitrogen and oxygen atoms in total. The number of hydrogen-bond donors (Lipinski definition) is 2. The molecule has 0 aliphatic heterocycles. The third-order valence-electron chi connectivity index (χ3n) is 3.13. The fourth-order valence-corrected chi connectivity index (χ4v) is 1.80. The smallest absolute Gasteiger partial charge is 0.271 e. The minimum absolute atomic E-state index is 0.207. The van der Waals surface area contributed by atoms with Gasteiger partial charge in [-0.25, -0.2) is 9.82 Å². The van der Waals surface area contributed by atoms with Gasteiger partial charge in [0.25, 0.3) is 5.91 Å². The second-order valence-corrected chi connectivity index (χ2v) is 5.71. The van der Waals surface area contributed by atoms with Crippen molar-refractivity contribution in [3.8, 4) is 5.75 Å². The molecule has 0 saturated heterocycles. The fraction of sp³-hybridized carbons (Fsp3) is 0.222. The predicted octanol–water partition coefficient (Wildman–Crippen LogP) is 2.63. The number of carbonyl (C=O) groups is 1. The molecule has 126 valence electrons. The Morgan fingerprint density at radius 1 is 1.29 bits per heavy atom. The SMILES string of the molecule is CC(C)(O)C(=O)N/N=C\c1ccccc1OCc1cccc(F)c1. The second kappa shape index (κ2) is 7.70. The number of nitrogens with one attached hydrogen (secondary N) is 1. The van der Waals surface area contributed by atoms with Crippen LogP contribution in [0.1, 0.15) is 25.0 Å². The van der Waals surface area contributed by atoms with Gasteiger partial charge in [0.1, 0.15) is 23.8 Å². The van der Waals surface area contributed by atoms with Gasteiger partial charge in [0.05, 0.1) is 6.21 Å². The lowest BCUT2D eigenvalue weighted by molar-refractivity contribution is -0.136. The van der Waals surface area contributed by atoms with Crippen molar-refractivity contribution in [2.45, 2.75) is 26.1 Å². The molecule has 2 aromatic carbocycles. The zero-order chi connectivity index (χ0) is 17.6. The molecule has 0 heterocycles. The van der Waals surface area contributed by atoms with Gasteiger partial charge in [-0.2, -0.15) is 5.10 Å². The molecule has 0 aliphatic carbocycles. The van der Waals surface area contributed by atoms with E-state index in [0.717, 1.165) is 0 Å². The van der Waals surface area contributed by atoms with Crippen LogP contribution in [0.4, 0.5) is 4.39 Å². The first-order valence-corrected chi connectivity index (χ1v) is 7.38. The summed E-state index contributed by atoms with van der Waals surface area (Å²) in [6, 6.07) is 13.3. The highest BCUT2D eigenvalue weighted by Gasteiger charge is 2.22. The molecular formula is C18H19FN2O3. The number of halogens is 1. The van der Waals surface area contributed by atoms with Crippen molar-refractivity contribution < 1.29 is 19.0 Å². The number of ether oxygens (including phenoxy) is 1. The third-order valence-corrected chi connectivity index (χ3v) is 3.13. The maximum atomic E-state index is 13.2. The van der Waals surface area contributed by atoms with Gasteiger partial charge in [0.2, 0.25) is 0 Å². The normalized spacial score (nSPS) is 11.5. The van der Waals surface area contributed by atoms with Crippen molar-refractivity contribution in [3.05, 3.63) is 65.5 Å². The minimum Gasteiger partial charge on any atom is -0.488 e. The van der Waals surface area contributed by atoms with Crippen molar-refractivity contribution >= 4 is 12.1 Å². The zero-order valence-electron chi connectivity index (χ0n) is 13.5. The summed E-state index contributed by atoms with van der Waals surface area (Å²) < 4.78 is 18.9. The van der Waals surface area contributed by atoms with E-state index in [0.29, 0.717) is 16.9 Å². The Morgan fingerprint density at radius 3 is 2.75 bits per heavy atom. The molecule has 0 bridgehead atoms. The summed E-state index contributed by atoms with van der Waals surface area (Å²) >= 11 is 0. The molecular weight excluding hydrogens is 311 g/mol. The van der Waals surface area contributed by atoms with Crippen LogP contribution in [0.25, 0.3) is 0 Å². The van der Waals surface area contributed by atoms with E-state index in [4.69, 9.17) is 4.74 Å². The van der Waals surface area contributed by atoms with Crippen molar-refractivity contribution in [2.75, 3.05) is 0 Å². The van der Waals surface area contributed by atoms with Crippen molar-refractivity contribution in [3.63, 3.8) is 0 Å². The molecule has 2 rings (SSSR count). The summed E-state index contributed by atoms with van der Waals surface area (Å²) in [6.07, 6.45) is 1.42. The number of para-hydroxylation sites is 1. The van der Waals surface area contributed by atoms with Gasteiger partial charge in [-0.15, -0.1) is 0 Å². The van der Waals surface area contributed by atoms with Crippen LogP contribution in [0.2, 0.25) is 0 Å². The number of carbonyl (C=O) groups excluding carboxylic acids is 1. The van der Waals surface area contributed by atoms with Crippen LogP contribution in [-0.4, -0.2) is 22.8 Å². The average molecular weight is 330 g/mol. The number of benzene rings is 2. The van der Waals surface area contributed by atoms with Crippen LogP contribution < -0.4 is 10.2 Å². The molecule has 0 unspecified atom stereocenters. The van der Waals surface area contributed by atoms with Gasteiger partial charge in [-0.1, -0.05) is 24.3 Å². The summed E-state index contributed by atoms with van der Waals surface area (Å²) in [5, 5.41) is 13.3. The van der Waals surface area contributed by atoms with E-state index in [1.54, 1.807) is 36.4 Å². The van der Waals surface area contributed by atoms with E-state index in [9.17, 15) is 14.3 Å². The highest BCUT2D eigenvalue weighted by Crippen LogP contribution is 2.18. The number of nitrogens with zero attached hydrogens (tertiary/aromatic N) is 1. The Bertz CT molecular complexity index is 739. The molecule has 0 aliphatic rings. The Kier molecular flexibility index (Phi) is 5.65. The summed E-state index contributed by atoms with van der Waals surface area (Å²) in [5.41, 5.74) is 2.09. The highest BCUT2D eigenvalue weighted by molar-refractivity contribution is 5.87. The molecule has 0 fully saturated rings. The molecule has 0 atom stereocenters. The maximum absolute atomic E-state index is 13.2. The molecule has 1 amide bonds. The zero-order valence-corrected chi connectivity index (χ0v) is 13.5. The Balaban J connectivity index is 2.03. The van der Waals surface area contributed by atoms with Gasteiger partial charge < -0.3 is 9.84 Å². The minimum atomic E-state index is -1.51. The molecule has 0 saturated carbocycles. The summed E-state index contributed by atoms with van der Waals surface area (Å²) in [4.78, 5) is 11.5. The van der Waals surface area contributed by atoms with Crippen LogP contribution in [-0.2, 0) is 11.4 Å². The van der Waals surface area contributed by atoms with E-state index in [1.165, 1.54) is 32.2 Å². The lowest BCUT2D eigenvalue weighted by atomic mass is 10.1. The highest BCUT2D eigenvalue weighted by atomic mass is 19.1.